The molecule has 0 saturated carbocycles. The van der Waals surface area contributed by atoms with Crippen molar-refractivity contribution in [3.63, 3.8) is 0 Å². The second-order valence-electron chi connectivity index (χ2n) is 5.28. The summed E-state index contributed by atoms with van der Waals surface area (Å²) in [5.74, 6) is 0.650. The molecule has 2 aromatic rings. The maximum absolute atomic E-state index is 8.85. The minimum atomic E-state index is 0. The van der Waals surface area contributed by atoms with Crippen molar-refractivity contribution in [2.45, 2.75) is 32.6 Å². The third-order valence-electron chi connectivity index (χ3n) is 3.24. The summed E-state index contributed by atoms with van der Waals surface area (Å²) in [7, 11) is 0. The molecule has 0 aliphatic carbocycles. The molecule has 2 rings (SSSR count). The molecule has 1 atom stereocenters. The van der Waals surface area contributed by atoms with Crippen LogP contribution in [0.2, 0.25) is 10.0 Å². The molecule has 1 nitrogen and oxygen atoms in total. The van der Waals surface area contributed by atoms with E-state index in [0.29, 0.717) is 5.92 Å². The van der Waals surface area contributed by atoms with Gasteiger partial charge in [0.25, 0.3) is 0 Å². The summed E-state index contributed by atoms with van der Waals surface area (Å²) in [6.45, 7) is 6.37. The summed E-state index contributed by atoms with van der Waals surface area (Å²) in [5.41, 5.74) is 2.24. The number of rotatable bonds is 3. The predicted molar refractivity (Wildman–Crippen MR) is 99.4 cm³/mol. The maximum Gasteiger partial charge on any atom is 1.00 e. The van der Waals surface area contributed by atoms with Gasteiger partial charge in [-0.05, 0) is 29.2 Å². The zero-order chi connectivity index (χ0) is 15.8. The van der Waals surface area contributed by atoms with Crippen molar-refractivity contribution in [2.24, 2.45) is 0 Å². The Bertz CT molecular complexity index is 570. The number of benzene rings is 2. The number of hydrogen-bond acceptors (Lipinski definition) is 1. The van der Waals surface area contributed by atoms with Crippen LogP contribution in [0.5, 0.6) is 0 Å². The first-order valence-electron chi connectivity index (χ1n) is 7.07. The SMILES string of the molecule is CC(C)c1ccccc1Cl.C[C@H](CO)c1ccccc1Cl.[B].[H-].[Li+]. The minimum Gasteiger partial charge on any atom is -1.00 e. The van der Waals surface area contributed by atoms with Gasteiger partial charge in [0.2, 0.25) is 0 Å². The standard InChI is InChI=1S/C9H11ClO.C9H11Cl.B.Li.H/c1-7(6-11)8-4-2-3-5-9(8)10;1-7(2)8-5-3-4-6-9(8)10;;;/h2-5,7,11H,6H2,1H3;3-7H,1-2H3;;;/q;;;+1;-1/t7-;;;;/m1..../s1. The third-order valence-corrected chi connectivity index (χ3v) is 3.93. The van der Waals surface area contributed by atoms with E-state index in [0.717, 1.165) is 15.6 Å². The van der Waals surface area contributed by atoms with Crippen LogP contribution in [0.4, 0.5) is 0 Å². The van der Waals surface area contributed by atoms with E-state index in [-0.39, 0.29) is 41.2 Å². The van der Waals surface area contributed by atoms with Crippen LogP contribution in [0, 0.1) is 0 Å². The van der Waals surface area contributed by atoms with Crippen LogP contribution in [0.1, 0.15) is 45.2 Å². The van der Waals surface area contributed by atoms with Crippen molar-refractivity contribution in [3.8, 4) is 0 Å². The van der Waals surface area contributed by atoms with Gasteiger partial charge in [-0.1, -0.05) is 80.4 Å². The predicted octanol–water partition coefficient (Wildman–Crippen LogP) is 2.63. The summed E-state index contributed by atoms with van der Waals surface area (Å²) in [6, 6.07) is 15.5. The molecule has 0 fully saturated rings. The fourth-order valence-corrected chi connectivity index (χ4v) is 2.59. The molecule has 23 heavy (non-hydrogen) atoms. The summed E-state index contributed by atoms with van der Waals surface area (Å²) >= 11 is 11.8. The smallest absolute Gasteiger partial charge is 1.00 e. The molecular formula is C18H23BCl2LiO. The van der Waals surface area contributed by atoms with Crippen molar-refractivity contribution in [1.29, 1.82) is 0 Å². The number of halogens is 2. The summed E-state index contributed by atoms with van der Waals surface area (Å²) in [6.07, 6.45) is 0. The van der Waals surface area contributed by atoms with Gasteiger partial charge in [0, 0.05) is 31.0 Å². The van der Waals surface area contributed by atoms with Crippen LogP contribution in [-0.2, 0) is 0 Å². The molecule has 2 aromatic carbocycles. The van der Waals surface area contributed by atoms with E-state index in [4.69, 9.17) is 28.3 Å². The monoisotopic (exact) mass is 343 g/mol. The van der Waals surface area contributed by atoms with Crippen LogP contribution in [0.25, 0.3) is 0 Å². The average molecular weight is 344 g/mol. The number of aliphatic hydroxyl groups is 1. The van der Waals surface area contributed by atoms with E-state index in [2.05, 4.69) is 19.9 Å². The molecule has 0 spiro atoms. The average Bonchev–Trinajstić information content (AvgIpc) is 2.48. The molecule has 0 aliphatic heterocycles. The fourth-order valence-electron chi connectivity index (χ4n) is 1.92. The van der Waals surface area contributed by atoms with Crippen molar-refractivity contribution in [3.05, 3.63) is 69.7 Å². The Morgan fingerprint density at radius 1 is 0.870 bits per heavy atom. The molecular weight excluding hydrogens is 321 g/mol. The van der Waals surface area contributed by atoms with Gasteiger partial charge in [-0.3, -0.25) is 0 Å². The van der Waals surface area contributed by atoms with Gasteiger partial charge >= 0.3 is 18.9 Å². The Morgan fingerprint density at radius 2 is 1.26 bits per heavy atom. The van der Waals surface area contributed by atoms with Gasteiger partial charge in [0.1, 0.15) is 0 Å². The quantitative estimate of drug-likeness (QED) is 0.849. The van der Waals surface area contributed by atoms with E-state index in [9.17, 15) is 0 Å². The van der Waals surface area contributed by atoms with Crippen LogP contribution in [0.3, 0.4) is 0 Å². The molecule has 0 amide bonds. The molecule has 1 N–H and O–H groups in total. The largest absolute Gasteiger partial charge is 1.00 e. The summed E-state index contributed by atoms with van der Waals surface area (Å²) < 4.78 is 0. The molecule has 119 valence electrons. The Labute approximate surface area is 165 Å². The Kier molecular flexibility index (Phi) is 14.1. The van der Waals surface area contributed by atoms with Gasteiger partial charge in [0.15, 0.2) is 0 Å². The molecule has 5 heteroatoms. The van der Waals surface area contributed by atoms with E-state index >= 15 is 0 Å². The van der Waals surface area contributed by atoms with E-state index in [1.54, 1.807) is 0 Å². The van der Waals surface area contributed by atoms with E-state index < -0.39 is 0 Å². The maximum atomic E-state index is 8.85. The summed E-state index contributed by atoms with van der Waals surface area (Å²) in [5, 5.41) is 10.5. The minimum absolute atomic E-state index is 0. The molecule has 0 bridgehead atoms. The normalized spacial score (nSPS) is 10.7. The Balaban J connectivity index is -0.000000328. The van der Waals surface area contributed by atoms with Crippen LogP contribution in [-0.4, -0.2) is 20.1 Å². The van der Waals surface area contributed by atoms with Gasteiger partial charge in [-0.25, -0.2) is 0 Å². The van der Waals surface area contributed by atoms with Crippen molar-refractivity contribution in [2.75, 3.05) is 6.61 Å². The first-order valence-corrected chi connectivity index (χ1v) is 7.82. The van der Waals surface area contributed by atoms with Crippen LogP contribution >= 0.6 is 23.2 Å². The zero-order valence-corrected chi connectivity index (χ0v) is 15.8. The summed E-state index contributed by atoms with van der Waals surface area (Å²) in [4.78, 5) is 0. The molecule has 0 unspecified atom stereocenters. The van der Waals surface area contributed by atoms with E-state index in [1.165, 1.54) is 5.56 Å². The Hall–Kier alpha value is -0.358. The van der Waals surface area contributed by atoms with E-state index in [1.807, 2.05) is 49.4 Å². The third kappa shape index (κ3) is 8.34. The van der Waals surface area contributed by atoms with Gasteiger partial charge in [-0.15, -0.1) is 0 Å². The van der Waals surface area contributed by atoms with Crippen molar-refractivity contribution in [1.82, 2.24) is 0 Å². The molecule has 0 saturated heterocycles. The van der Waals surface area contributed by atoms with Crippen molar-refractivity contribution < 1.29 is 25.4 Å². The zero-order valence-electron chi connectivity index (χ0n) is 15.3. The van der Waals surface area contributed by atoms with Gasteiger partial charge in [-0.2, -0.15) is 0 Å². The second kappa shape index (κ2) is 13.0. The van der Waals surface area contributed by atoms with Crippen molar-refractivity contribution >= 4 is 31.6 Å². The fraction of sp³-hybridized carbons (Fsp3) is 0.333. The second-order valence-corrected chi connectivity index (χ2v) is 6.10. The first-order chi connectivity index (χ1) is 9.97. The topological polar surface area (TPSA) is 20.2 Å². The van der Waals surface area contributed by atoms with Crippen LogP contribution < -0.4 is 18.9 Å². The number of hydrogen-bond donors (Lipinski definition) is 1. The molecule has 3 radical (unpaired) electrons. The molecule has 0 heterocycles. The van der Waals surface area contributed by atoms with Crippen LogP contribution in [0.15, 0.2) is 48.5 Å². The number of aliphatic hydroxyl groups excluding tert-OH is 1. The molecule has 0 aromatic heterocycles. The molecule has 0 aliphatic rings. The van der Waals surface area contributed by atoms with Gasteiger partial charge in [0.05, 0.1) is 0 Å². The Morgan fingerprint density at radius 3 is 1.57 bits per heavy atom. The van der Waals surface area contributed by atoms with Gasteiger partial charge < -0.3 is 6.53 Å². The first kappa shape index (κ1) is 24.9.